The molecule has 0 aromatic carbocycles. The summed E-state index contributed by atoms with van der Waals surface area (Å²) < 4.78 is 5.24. The average Bonchev–Trinajstić information content (AvgIpc) is 2.32. The predicted octanol–water partition coefficient (Wildman–Crippen LogP) is 2.37. The summed E-state index contributed by atoms with van der Waals surface area (Å²) >= 11 is 0. The summed E-state index contributed by atoms with van der Waals surface area (Å²) in [6.45, 7) is 6.45. The summed E-state index contributed by atoms with van der Waals surface area (Å²) in [5.74, 6) is 1.01. The first kappa shape index (κ1) is 9.56. The van der Waals surface area contributed by atoms with Gasteiger partial charge in [0.05, 0.1) is 6.42 Å². The smallest absolute Gasteiger partial charge is 0.306 e. The van der Waals surface area contributed by atoms with Crippen LogP contribution in [0.1, 0.15) is 40.0 Å². The van der Waals surface area contributed by atoms with Gasteiger partial charge in [-0.05, 0) is 12.3 Å². The molecule has 70 valence electrons. The van der Waals surface area contributed by atoms with Gasteiger partial charge in [-0.1, -0.05) is 27.2 Å². The topological polar surface area (TPSA) is 26.3 Å². The molecule has 1 rings (SSSR count). The summed E-state index contributed by atoms with van der Waals surface area (Å²) in [7, 11) is 0. The molecule has 0 saturated carbocycles. The minimum absolute atomic E-state index is 0.00727. The lowest BCUT2D eigenvalue weighted by Crippen LogP contribution is -2.20. The lowest BCUT2D eigenvalue weighted by Gasteiger charge is -2.19. The summed E-state index contributed by atoms with van der Waals surface area (Å²) in [5, 5.41) is 0. The van der Waals surface area contributed by atoms with Crippen molar-refractivity contribution in [1.29, 1.82) is 0 Å². The second kappa shape index (κ2) is 3.92. The van der Waals surface area contributed by atoms with Crippen molar-refractivity contribution in [1.82, 2.24) is 0 Å². The molecule has 2 nitrogen and oxygen atoms in total. The summed E-state index contributed by atoms with van der Waals surface area (Å²) in [4.78, 5) is 11.0. The van der Waals surface area contributed by atoms with E-state index >= 15 is 0 Å². The van der Waals surface area contributed by atoms with Crippen molar-refractivity contribution in [2.75, 3.05) is 0 Å². The fourth-order valence-electron chi connectivity index (χ4n) is 1.85. The zero-order valence-corrected chi connectivity index (χ0v) is 8.17. The van der Waals surface area contributed by atoms with E-state index in [9.17, 15) is 4.79 Å². The zero-order valence-electron chi connectivity index (χ0n) is 8.17. The highest BCUT2D eigenvalue weighted by atomic mass is 16.5. The number of cyclic esters (lactones) is 1. The van der Waals surface area contributed by atoms with E-state index < -0.39 is 0 Å². The molecule has 0 spiro atoms. The van der Waals surface area contributed by atoms with Crippen molar-refractivity contribution in [2.45, 2.75) is 46.1 Å². The van der Waals surface area contributed by atoms with Crippen LogP contribution in [-0.2, 0) is 9.53 Å². The third kappa shape index (κ3) is 1.99. The van der Waals surface area contributed by atoms with Crippen LogP contribution in [0, 0.1) is 11.8 Å². The van der Waals surface area contributed by atoms with Crippen LogP contribution >= 0.6 is 0 Å². The Morgan fingerprint density at radius 1 is 1.58 bits per heavy atom. The van der Waals surface area contributed by atoms with Crippen LogP contribution < -0.4 is 0 Å². The number of carbonyl (C=O) groups excluding carboxylic acids is 1. The number of ether oxygens (including phenoxy) is 1. The third-order valence-corrected chi connectivity index (χ3v) is 2.59. The second-order valence-corrected chi connectivity index (χ2v) is 3.93. The number of esters is 1. The molecule has 2 heteroatoms. The monoisotopic (exact) mass is 170 g/mol. The summed E-state index contributed by atoms with van der Waals surface area (Å²) in [6, 6.07) is 0. The van der Waals surface area contributed by atoms with Gasteiger partial charge >= 0.3 is 5.97 Å². The zero-order chi connectivity index (χ0) is 9.14. The average molecular weight is 170 g/mol. The van der Waals surface area contributed by atoms with Gasteiger partial charge in [-0.25, -0.2) is 0 Å². The highest BCUT2D eigenvalue weighted by Gasteiger charge is 2.35. The van der Waals surface area contributed by atoms with Gasteiger partial charge in [0.1, 0.15) is 6.10 Å². The SMILES string of the molecule is CCCC1OC(=O)CC1C(C)C. The molecular weight excluding hydrogens is 152 g/mol. The first-order valence-corrected chi connectivity index (χ1v) is 4.84. The maximum Gasteiger partial charge on any atom is 0.306 e. The largest absolute Gasteiger partial charge is 0.462 e. The van der Waals surface area contributed by atoms with Crippen LogP contribution in [0.15, 0.2) is 0 Å². The Bertz CT molecular complexity index is 163. The number of rotatable bonds is 3. The van der Waals surface area contributed by atoms with Gasteiger partial charge < -0.3 is 4.74 Å². The summed E-state index contributed by atoms with van der Waals surface area (Å²) in [5.41, 5.74) is 0. The van der Waals surface area contributed by atoms with Crippen molar-refractivity contribution in [3.05, 3.63) is 0 Å². The van der Waals surface area contributed by atoms with Crippen LogP contribution in [0.5, 0.6) is 0 Å². The number of hydrogen-bond donors (Lipinski definition) is 0. The molecule has 0 aromatic rings. The molecule has 1 heterocycles. The Kier molecular flexibility index (Phi) is 3.12. The molecule has 0 radical (unpaired) electrons. The standard InChI is InChI=1S/C10H18O2/c1-4-5-9-8(7(2)3)6-10(11)12-9/h7-9H,4-6H2,1-3H3. The molecule has 0 bridgehead atoms. The van der Waals surface area contributed by atoms with Gasteiger partial charge in [0, 0.05) is 5.92 Å². The van der Waals surface area contributed by atoms with E-state index in [0.717, 1.165) is 12.8 Å². The normalized spacial score (nSPS) is 29.5. The Labute approximate surface area is 74.3 Å². The Hall–Kier alpha value is -0.530. The molecule has 0 aromatic heterocycles. The minimum atomic E-state index is -0.00727. The molecule has 1 aliphatic heterocycles. The van der Waals surface area contributed by atoms with Crippen molar-refractivity contribution < 1.29 is 9.53 Å². The molecule has 12 heavy (non-hydrogen) atoms. The highest BCUT2D eigenvalue weighted by molar-refractivity contribution is 5.72. The predicted molar refractivity (Wildman–Crippen MR) is 47.7 cm³/mol. The molecule has 2 unspecified atom stereocenters. The Morgan fingerprint density at radius 3 is 2.75 bits per heavy atom. The summed E-state index contributed by atoms with van der Waals surface area (Å²) in [6.07, 6.45) is 2.94. The molecule has 1 saturated heterocycles. The van der Waals surface area contributed by atoms with Gasteiger partial charge in [0.2, 0.25) is 0 Å². The van der Waals surface area contributed by atoms with E-state index in [1.54, 1.807) is 0 Å². The van der Waals surface area contributed by atoms with Crippen molar-refractivity contribution >= 4 is 5.97 Å². The molecule has 1 fully saturated rings. The molecule has 2 atom stereocenters. The van der Waals surface area contributed by atoms with E-state index in [-0.39, 0.29) is 12.1 Å². The quantitative estimate of drug-likeness (QED) is 0.608. The second-order valence-electron chi connectivity index (χ2n) is 3.93. The first-order chi connectivity index (χ1) is 5.65. The lowest BCUT2D eigenvalue weighted by molar-refractivity contribution is -0.141. The van der Waals surface area contributed by atoms with Gasteiger partial charge in [-0.2, -0.15) is 0 Å². The van der Waals surface area contributed by atoms with Crippen LogP contribution in [0.3, 0.4) is 0 Å². The van der Waals surface area contributed by atoms with Crippen molar-refractivity contribution in [3.63, 3.8) is 0 Å². The first-order valence-electron chi connectivity index (χ1n) is 4.84. The van der Waals surface area contributed by atoms with Crippen LogP contribution in [0.2, 0.25) is 0 Å². The van der Waals surface area contributed by atoms with Crippen LogP contribution in [-0.4, -0.2) is 12.1 Å². The van der Waals surface area contributed by atoms with E-state index in [4.69, 9.17) is 4.74 Å². The van der Waals surface area contributed by atoms with Crippen molar-refractivity contribution in [2.24, 2.45) is 11.8 Å². The molecular formula is C10H18O2. The molecule has 0 N–H and O–H groups in total. The Morgan fingerprint density at radius 2 is 2.25 bits per heavy atom. The maximum atomic E-state index is 11.0. The molecule has 0 amide bonds. The van der Waals surface area contributed by atoms with Gasteiger partial charge in [-0.3, -0.25) is 4.79 Å². The van der Waals surface area contributed by atoms with E-state index in [0.29, 0.717) is 18.3 Å². The number of hydrogen-bond acceptors (Lipinski definition) is 2. The fraction of sp³-hybridized carbons (Fsp3) is 0.900. The minimum Gasteiger partial charge on any atom is -0.462 e. The highest BCUT2D eigenvalue weighted by Crippen LogP contribution is 2.31. The van der Waals surface area contributed by atoms with Gasteiger partial charge in [0.15, 0.2) is 0 Å². The molecule has 1 aliphatic rings. The third-order valence-electron chi connectivity index (χ3n) is 2.59. The lowest BCUT2D eigenvalue weighted by atomic mass is 9.87. The fourth-order valence-corrected chi connectivity index (χ4v) is 1.85. The Balaban J connectivity index is 2.53. The van der Waals surface area contributed by atoms with E-state index in [1.807, 2.05) is 0 Å². The van der Waals surface area contributed by atoms with Crippen molar-refractivity contribution in [3.8, 4) is 0 Å². The van der Waals surface area contributed by atoms with Gasteiger partial charge in [0.25, 0.3) is 0 Å². The van der Waals surface area contributed by atoms with Crippen LogP contribution in [0.25, 0.3) is 0 Å². The number of carbonyl (C=O) groups is 1. The van der Waals surface area contributed by atoms with E-state index in [2.05, 4.69) is 20.8 Å². The van der Waals surface area contributed by atoms with Crippen LogP contribution in [0.4, 0.5) is 0 Å². The maximum absolute atomic E-state index is 11.0. The molecule has 0 aliphatic carbocycles. The van der Waals surface area contributed by atoms with E-state index in [1.165, 1.54) is 0 Å². The van der Waals surface area contributed by atoms with Gasteiger partial charge in [-0.15, -0.1) is 0 Å².